The molecule has 2 aromatic rings. The third-order valence-corrected chi connectivity index (χ3v) is 4.46. The summed E-state index contributed by atoms with van der Waals surface area (Å²) in [7, 11) is 1.79. The highest BCUT2D eigenvalue weighted by molar-refractivity contribution is 7.09. The molecular formula is C18H21NO4S. The lowest BCUT2D eigenvalue weighted by Gasteiger charge is -2.17. The fourth-order valence-electron chi connectivity index (χ4n) is 2.26. The Morgan fingerprint density at radius 1 is 1.21 bits per heavy atom. The van der Waals surface area contributed by atoms with E-state index in [1.54, 1.807) is 35.4 Å². The van der Waals surface area contributed by atoms with Crippen molar-refractivity contribution in [3.05, 3.63) is 52.2 Å². The second-order valence-electron chi connectivity index (χ2n) is 5.51. The van der Waals surface area contributed by atoms with Gasteiger partial charge in [0.25, 0.3) is 0 Å². The van der Waals surface area contributed by atoms with Gasteiger partial charge in [0.15, 0.2) is 6.61 Å². The van der Waals surface area contributed by atoms with E-state index in [4.69, 9.17) is 9.84 Å². The van der Waals surface area contributed by atoms with E-state index in [0.29, 0.717) is 18.7 Å². The first kappa shape index (κ1) is 18.0. The van der Waals surface area contributed by atoms with Crippen molar-refractivity contribution in [1.82, 2.24) is 4.90 Å². The van der Waals surface area contributed by atoms with Crippen LogP contribution in [0.15, 0.2) is 41.8 Å². The first-order valence-corrected chi connectivity index (χ1v) is 8.62. The van der Waals surface area contributed by atoms with Crippen LogP contribution in [0.5, 0.6) is 5.75 Å². The lowest BCUT2D eigenvalue weighted by atomic mass is 10.1. The molecule has 0 aliphatic rings. The van der Waals surface area contributed by atoms with E-state index in [1.807, 2.05) is 23.6 Å². The number of rotatable bonds is 9. The van der Waals surface area contributed by atoms with Gasteiger partial charge >= 0.3 is 5.97 Å². The smallest absolute Gasteiger partial charge is 0.341 e. The number of benzene rings is 1. The quantitative estimate of drug-likeness (QED) is 0.756. The summed E-state index contributed by atoms with van der Waals surface area (Å²) in [6, 6.07) is 11.2. The number of amides is 1. The summed E-state index contributed by atoms with van der Waals surface area (Å²) in [5.41, 5.74) is 0.979. The van der Waals surface area contributed by atoms with E-state index in [0.717, 1.165) is 18.4 Å². The van der Waals surface area contributed by atoms with Crippen molar-refractivity contribution in [3.8, 4) is 5.75 Å². The molecule has 1 aromatic carbocycles. The van der Waals surface area contributed by atoms with Gasteiger partial charge in [-0.25, -0.2) is 4.79 Å². The topological polar surface area (TPSA) is 66.8 Å². The van der Waals surface area contributed by atoms with Crippen LogP contribution in [0.4, 0.5) is 0 Å². The first-order chi connectivity index (χ1) is 11.5. The SMILES string of the molecule is CN(Cc1ccc(OCC(=O)O)cc1)C(=O)CCCc1cccs1. The maximum absolute atomic E-state index is 12.2. The molecule has 5 nitrogen and oxygen atoms in total. The summed E-state index contributed by atoms with van der Waals surface area (Å²) < 4.78 is 5.08. The van der Waals surface area contributed by atoms with E-state index in [1.165, 1.54) is 4.88 Å². The molecule has 0 spiro atoms. The number of hydrogen-bond donors (Lipinski definition) is 1. The number of carboxylic acid groups (broad SMARTS) is 1. The van der Waals surface area contributed by atoms with Crippen LogP contribution in [0.2, 0.25) is 0 Å². The zero-order chi connectivity index (χ0) is 17.4. The maximum Gasteiger partial charge on any atom is 0.341 e. The van der Waals surface area contributed by atoms with Crippen molar-refractivity contribution >= 4 is 23.2 Å². The number of carboxylic acids is 1. The minimum Gasteiger partial charge on any atom is -0.482 e. The summed E-state index contributed by atoms with van der Waals surface area (Å²) in [5, 5.41) is 10.6. The molecule has 0 saturated carbocycles. The minimum atomic E-state index is -1.01. The maximum atomic E-state index is 12.2. The third kappa shape index (κ3) is 6.04. The molecular weight excluding hydrogens is 326 g/mol. The number of aliphatic carboxylic acids is 1. The Labute approximate surface area is 145 Å². The number of ether oxygens (including phenoxy) is 1. The van der Waals surface area contributed by atoms with Crippen LogP contribution in [-0.4, -0.2) is 35.5 Å². The first-order valence-electron chi connectivity index (χ1n) is 7.74. The van der Waals surface area contributed by atoms with Gasteiger partial charge in [0, 0.05) is 24.9 Å². The molecule has 0 unspecified atom stereocenters. The lowest BCUT2D eigenvalue weighted by Crippen LogP contribution is -2.25. The van der Waals surface area contributed by atoms with Gasteiger partial charge in [-0.2, -0.15) is 0 Å². The zero-order valence-electron chi connectivity index (χ0n) is 13.6. The predicted molar refractivity (Wildman–Crippen MR) is 93.3 cm³/mol. The van der Waals surface area contributed by atoms with Crippen LogP contribution < -0.4 is 4.74 Å². The van der Waals surface area contributed by atoms with Gasteiger partial charge in [0.05, 0.1) is 0 Å². The molecule has 2 rings (SSSR count). The van der Waals surface area contributed by atoms with Gasteiger partial charge in [-0.1, -0.05) is 18.2 Å². The number of hydrogen-bond acceptors (Lipinski definition) is 4. The molecule has 0 radical (unpaired) electrons. The van der Waals surface area contributed by atoms with Crippen LogP contribution in [0.3, 0.4) is 0 Å². The van der Waals surface area contributed by atoms with Crippen LogP contribution in [-0.2, 0) is 22.6 Å². The van der Waals surface area contributed by atoms with Crippen LogP contribution in [0.1, 0.15) is 23.3 Å². The van der Waals surface area contributed by atoms with Gasteiger partial charge in [0.1, 0.15) is 5.75 Å². The average Bonchev–Trinajstić information content (AvgIpc) is 3.07. The Morgan fingerprint density at radius 3 is 2.58 bits per heavy atom. The van der Waals surface area contributed by atoms with E-state index >= 15 is 0 Å². The van der Waals surface area contributed by atoms with E-state index in [-0.39, 0.29) is 12.5 Å². The average molecular weight is 347 g/mol. The molecule has 1 aromatic heterocycles. The largest absolute Gasteiger partial charge is 0.482 e. The van der Waals surface area contributed by atoms with Crippen molar-refractivity contribution in [3.63, 3.8) is 0 Å². The highest BCUT2D eigenvalue weighted by atomic mass is 32.1. The molecule has 1 N–H and O–H groups in total. The Bertz CT molecular complexity index is 652. The Kier molecular flexibility index (Phi) is 6.81. The minimum absolute atomic E-state index is 0.123. The summed E-state index contributed by atoms with van der Waals surface area (Å²) in [6.07, 6.45) is 2.33. The molecule has 128 valence electrons. The second-order valence-corrected chi connectivity index (χ2v) is 6.54. The lowest BCUT2D eigenvalue weighted by molar-refractivity contribution is -0.139. The van der Waals surface area contributed by atoms with Gasteiger partial charge in [0.2, 0.25) is 5.91 Å². The summed E-state index contributed by atoms with van der Waals surface area (Å²) in [6.45, 7) is 0.166. The second kappa shape index (κ2) is 9.08. The molecule has 1 amide bonds. The van der Waals surface area contributed by atoms with Crippen molar-refractivity contribution in [2.24, 2.45) is 0 Å². The van der Waals surface area contributed by atoms with Gasteiger partial charge in [-0.05, 0) is 42.0 Å². The number of carbonyl (C=O) groups excluding carboxylic acids is 1. The summed E-state index contributed by atoms with van der Waals surface area (Å²) in [4.78, 5) is 25.6. The monoisotopic (exact) mass is 347 g/mol. The Hall–Kier alpha value is -2.34. The highest BCUT2D eigenvalue weighted by Gasteiger charge is 2.09. The summed E-state index contributed by atoms with van der Waals surface area (Å²) >= 11 is 1.72. The number of nitrogens with zero attached hydrogens (tertiary/aromatic N) is 1. The Balaban J connectivity index is 1.75. The molecule has 6 heteroatoms. The molecule has 0 bridgehead atoms. The van der Waals surface area contributed by atoms with E-state index in [2.05, 4.69) is 6.07 Å². The molecule has 0 aliphatic heterocycles. The molecule has 0 aliphatic carbocycles. The van der Waals surface area contributed by atoms with Crippen molar-refractivity contribution in [2.45, 2.75) is 25.8 Å². The van der Waals surface area contributed by atoms with Crippen LogP contribution >= 0.6 is 11.3 Å². The molecule has 0 saturated heterocycles. The van der Waals surface area contributed by atoms with Gasteiger partial charge in [-0.3, -0.25) is 4.79 Å². The fraction of sp³-hybridized carbons (Fsp3) is 0.333. The van der Waals surface area contributed by atoms with Gasteiger partial charge < -0.3 is 14.7 Å². The Morgan fingerprint density at radius 2 is 1.96 bits per heavy atom. The molecule has 24 heavy (non-hydrogen) atoms. The third-order valence-electron chi connectivity index (χ3n) is 3.53. The highest BCUT2D eigenvalue weighted by Crippen LogP contribution is 2.15. The standard InChI is InChI=1S/C18H21NO4S/c1-19(17(20)6-2-4-16-5-3-11-24-16)12-14-7-9-15(10-8-14)23-13-18(21)22/h3,5,7-11H,2,4,6,12-13H2,1H3,(H,21,22). The van der Waals surface area contributed by atoms with Crippen LogP contribution in [0.25, 0.3) is 0 Å². The molecule has 0 atom stereocenters. The fourth-order valence-corrected chi connectivity index (χ4v) is 3.01. The predicted octanol–water partition coefficient (Wildman–Crippen LogP) is 3.19. The van der Waals surface area contributed by atoms with E-state index in [9.17, 15) is 9.59 Å². The van der Waals surface area contributed by atoms with Gasteiger partial charge in [-0.15, -0.1) is 11.3 Å². The number of aryl methyl sites for hydroxylation is 1. The normalized spacial score (nSPS) is 10.4. The molecule has 0 fully saturated rings. The van der Waals surface area contributed by atoms with E-state index < -0.39 is 5.97 Å². The van der Waals surface area contributed by atoms with Crippen LogP contribution in [0, 0.1) is 0 Å². The summed E-state index contributed by atoms with van der Waals surface area (Å²) in [5.74, 6) is -0.379. The molecule has 1 heterocycles. The van der Waals surface area contributed by atoms with Crippen molar-refractivity contribution in [2.75, 3.05) is 13.7 Å². The van der Waals surface area contributed by atoms with Crippen molar-refractivity contribution < 1.29 is 19.4 Å². The number of thiophene rings is 1. The zero-order valence-corrected chi connectivity index (χ0v) is 14.4. The van der Waals surface area contributed by atoms with Crippen molar-refractivity contribution in [1.29, 1.82) is 0 Å². The number of carbonyl (C=O) groups is 2.